The second kappa shape index (κ2) is 6.57. The highest BCUT2D eigenvalue weighted by Crippen LogP contribution is 2.20. The molecule has 2 aromatic rings. The highest BCUT2D eigenvalue weighted by molar-refractivity contribution is 5.80. The van der Waals surface area contributed by atoms with Gasteiger partial charge in [-0.05, 0) is 50.0 Å². The average Bonchev–Trinajstić information content (AvgIpc) is 2.78. The van der Waals surface area contributed by atoms with Gasteiger partial charge in [0.05, 0.1) is 6.26 Å². The molecule has 0 radical (unpaired) electrons. The minimum atomic E-state index is 0.649. The molecule has 0 amide bonds. The maximum Gasteiger partial charge on any atom is 0.134 e. The van der Waals surface area contributed by atoms with Crippen molar-refractivity contribution in [1.82, 2.24) is 5.32 Å². The van der Waals surface area contributed by atoms with Gasteiger partial charge in [-0.1, -0.05) is 25.1 Å². The zero-order chi connectivity index (χ0) is 12.8. The standard InChI is InChI=1S/C15H22N2O/c1-12(6-8-16)10-17-9-7-13-11-18-15-5-3-2-4-14(13)15/h2-5,11-12,17H,6-10,16H2,1H3. The number of nitrogens with one attached hydrogen (secondary N) is 1. The summed E-state index contributed by atoms with van der Waals surface area (Å²) in [6.07, 6.45) is 3.96. The van der Waals surface area contributed by atoms with E-state index in [1.54, 1.807) is 0 Å². The molecule has 0 saturated heterocycles. The summed E-state index contributed by atoms with van der Waals surface area (Å²) in [6.45, 7) is 5.02. The first-order valence-electron chi connectivity index (χ1n) is 6.67. The quantitative estimate of drug-likeness (QED) is 0.738. The van der Waals surface area contributed by atoms with Crippen molar-refractivity contribution in [2.24, 2.45) is 11.7 Å². The third-order valence-electron chi connectivity index (χ3n) is 3.28. The molecule has 3 nitrogen and oxygen atoms in total. The van der Waals surface area contributed by atoms with Crippen LogP contribution >= 0.6 is 0 Å². The first-order valence-corrected chi connectivity index (χ1v) is 6.67. The summed E-state index contributed by atoms with van der Waals surface area (Å²) in [4.78, 5) is 0. The molecule has 1 unspecified atom stereocenters. The molecule has 98 valence electrons. The Bertz CT molecular complexity index is 478. The summed E-state index contributed by atoms with van der Waals surface area (Å²) in [6, 6.07) is 8.18. The molecule has 0 aliphatic heterocycles. The van der Waals surface area contributed by atoms with Crippen molar-refractivity contribution >= 4 is 11.0 Å². The summed E-state index contributed by atoms with van der Waals surface area (Å²) in [5.41, 5.74) is 7.79. The molecule has 0 saturated carbocycles. The summed E-state index contributed by atoms with van der Waals surface area (Å²) >= 11 is 0. The molecule has 0 bridgehead atoms. The van der Waals surface area contributed by atoms with Gasteiger partial charge in [0.25, 0.3) is 0 Å². The Kier molecular flexibility index (Phi) is 4.79. The Balaban J connectivity index is 1.80. The molecule has 1 atom stereocenters. The first-order chi connectivity index (χ1) is 8.81. The number of furan rings is 1. The zero-order valence-electron chi connectivity index (χ0n) is 11.0. The summed E-state index contributed by atoms with van der Waals surface area (Å²) in [5, 5.41) is 4.71. The molecule has 1 aromatic carbocycles. The Morgan fingerprint density at radius 1 is 1.33 bits per heavy atom. The van der Waals surface area contributed by atoms with Gasteiger partial charge in [0, 0.05) is 5.39 Å². The van der Waals surface area contributed by atoms with E-state index in [0.717, 1.165) is 38.1 Å². The molecule has 0 fully saturated rings. The minimum Gasteiger partial charge on any atom is -0.464 e. The predicted octanol–water partition coefficient (Wildman–Crippen LogP) is 2.55. The lowest BCUT2D eigenvalue weighted by molar-refractivity contribution is 0.488. The topological polar surface area (TPSA) is 51.2 Å². The second-order valence-electron chi connectivity index (χ2n) is 4.89. The summed E-state index contributed by atoms with van der Waals surface area (Å²) < 4.78 is 5.52. The van der Waals surface area contributed by atoms with E-state index in [9.17, 15) is 0 Å². The van der Waals surface area contributed by atoms with Crippen LogP contribution in [0.5, 0.6) is 0 Å². The van der Waals surface area contributed by atoms with Gasteiger partial charge in [-0.2, -0.15) is 0 Å². The molecular formula is C15H22N2O. The monoisotopic (exact) mass is 246 g/mol. The van der Waals surface area contributed by atoms with E-state index in [1.807, 2.05) is 18.4 Å². The molecule has 1 aromatic heterocycles. The van der Waals surface area contributed by atoms with Crippen LogP contribution in [0.15, 0.2) is 34.9 Å². The van der Waals surface area contributed by atoms with Gasteiger partial charge >= 0.3 is 0 Å². The first kappa shape index (κ1) is 13.1. The molecule has 0 aliphatic carbocycles. The van der Waals surface area contributed by atoms with E-state index in [1.165, 1.54) is 10.9 Å². The maximum atomic E-state index is 5.53. The van der Waals surface area contributed by atoms with Crippen molar-refractivity contribution in [1.29, 1.82) is 0 Å². The molecule has 3 N–H and O–H groups in total. The Morgan fingerprint density at radius 3 is 3.00 bits per heavy atom. The van der Waals surface area contributed by atoms with Crippen LogP contribution in [0.4, 0.5) is 0 Å². The number of fused-ring (bicyclic) bond motifs is 1. The molecule has 18 heavy (non-hydrogen) atoms. The summed E-state index contributed by atoms with van der Waals surface area (Å²) in [7, 11) is 0. The fraction of sp³-hybridized carbons (Fsp3) is 0.467. The Hall–Kier alpha value is -1.32. The highest BCUT2D eigenvalue weighted by Gasteiger charge is 2.05. The van der Waals surface area contributed by atoms with E-state index >= 15 is 0 Å². The predicted molar refractivity (Wildman–Crippen MR) is 75.6 cm³/mol. The maximum absolute atomic E-state index is 5.53. The molecule has 0 aliphatic rings. The smallest absolute Gasteiger partial charge is 0.134 e. The van der Waals surface area contributed by atoms with Crippen molar-refractivity contribution < 1.29 is 4.42 Å². The minimum absolute atomic E-state index is 0.649. The van der Waals surface area contributed by atoms with Crippen LogP contribution in [0.1, 0.15) is 18.9 Å². The van der Waals surface area contributed by atoms with Gasteiger partial charge in [0.2, 0.25) is 0 Å². The number of nitrogens with two attached hydrogens (primary N) is 1. The second-order valence-corrected chi connectivity index (χ2v) is 4.89. The number of benzene rings is 1. The van der Waals surface area contributed by atoms with E-state index in [2.05, 4.69) is 24.4 Å². The lowest BCUT2D eigenvalue weighted by Crippen LogP contribution is -2.24. The van der Waals surface area contributed by atoms with E-state index in [4.69, 9.17) is 10.2 Å². The highest BCUT2D eigenvalue weighted by atomic mass is 16.3. The largest absolute Gasteiger partial charge is 0.464 e. The SMILES string of the molecule is CC(CCN)CNCCc1coc2ccccc12. The number of hydrogen-bond acceptors (Lipinski definition) is 3. The van der Waals surface area contributed by atoms with Crippen molar-refractivity contribution in [2.45, 2.75) is 19.8 Å². The fourth-order valence-corrected chi connectivity index (χ4v) is 2.18. The van der Waals surface area contributed by atoms with Crippen molar-refractivity contribution in [3.05, 3.63) is 36.1 Å². The number of rotatable bonds is 7. The van der Waals surface area contributed by atoms with Gasteiger partial charge in [0.15, 0.2) is 0 Å². The van der Waals surface area contributed by atoms with Gasteiger partial charge in [-0.3, -0.25) is 0 Å². The van der Waals surface area contributed by atoms with Gasteiger partial charge < -0.3 is 15.5 Å². The third kappa shape index (κ3) is 3.34. The van der Waals surface area contributed by atoms with Crippen LogP contribution in [0.3, 0.4) is 0 Å². The summed E-state index contributed by atoms with van der Waals surface area (Å²) in [5.74, 6) is 0.649. The van der Waals surface area contributed by atoms with Gasteiger partial charge in [-0.25, -0.2) is 0 Å². The van der Waals surface area contributed by atoms with Gasteiger partial charge in [-0.15, -0.1) is 0 Å². The van der Waals surface area contributed by atoms with E-state index < -0.39 is 0 Å². The van der Waals surface area contributed by atoms with Crippen LogP contribution in [0.2, 0.25) is 0 Å². The van der Waals surface area contributed by atoms with Crippen LogP contribution in [0.25, 0.3) is 11.0 Å². The molecular weight excluding hydrogens is 224 g/mol. The fourth-order valence-electron chi connectivity index (χ4n) is 2.18. The van der Waals surface area contributed by atoms with Crippen molar-refractivity contribution in [3.8, 4) is 0 Å². The van der Waals surface area contributed by atoms with Crippen molar-refractivity contribution in [2.75, 3.05) is 19.6 Å². The Morgan fingerprint density at radius 2 is 2.17 bits per heavy atom. The zero-order valence-corrected chi connectivity index (χ0v) is 11.0. The van der Waals surface area contributed by atoms with Crippen LogP contribution in [-0.4, -0.2) is 19.6 Å². The average molecular weight is 246 g/mol. The number of hydrogen-bond donors (Lipinski definition) is 2. The Labute approximate surface area is 108 Å². The normalized spacial score (nSPS) is 13.0. The number of para-hydroxylation sites is 1. The molecule has 0 spiro atoms. The van der Waals surface area contributed by atoms with E-state index in [0.29, 0.717) is 5.92 Å². The van der Waals surface area contributed by atoms with Crippen LogP contribution < -0.4 is 11.1 Å². The van der Waals surface area contributed by atoms with Crippen molar-refractivity contribution in [3.63, 3.8) is 0 Å². The molecule has 2 rings (SSSR count). The van der Waals surface area contributed by atoms with Crippen LogP contribution in [0, 0.1) is 5.92 Å². The van der Waals surface area contributed by atoms with E-state index in [-0.39, 0.29) is 0 Å². The van der Waals surface area contributed by atoms with Crippen LogP contribution in [-0.2, 0) is 6.42 Å². The molecule has 1 heterocycles. The lowest BCUT2D eigenvalue weighted by atomic mass is 10.1. The lowest BCUT2D eigenvalue weighted by Gasteiger charge is -2.10. The van der Waals surface area contributed by atoms with Gasteiger partial charge in [0.1, 0.15) is 5.58 Å². The molecule has 3 heteroatoms. The third-order valence-corrected chi connectivity index (χ3v) is 3.28.